The van der Waals surface area contributed by atoms with Crippen molar-refractivity contribution in [3.8, 4) is 0 Å². The van der Waals surface area contributed by atoms with Crippen LogP contribution in [0.25, 0.3) is 0 Å². The lowest BCUT2D eigenvalue weighted by molar-refractivity contribution is -0.136. The fourth-order valence-corrected chi connectivity index (χ4v) is 2.44. The average molecular weight is 326 g/mol. The summed E-state index contributed by atoms with van der Waals surface area (Å²) in [5.74, 6) is -1.00. The molecule has 4 amide bonds. The Morgan fingerprint density at radius 1 is 1.22 bits per heavy atom. The molecule has 1 fully saturated rings. The zero-order chi connectivity index (χ0) is 17.4. The molecule has 8 nitrogen and oxygen atoms in total. The van der Waals surface area contributed by atoms with Gasteiger partial charge in [-0.25, -0.2) is 0 Å². The van der Waals surface area contributed by atoms with Crippen LogP contribution in [-0.2, 0) is 19.2 Å². The Morgan fingerprint density at radius 2 is 1.87 bits per heavy atom. The summed E-state index contributed by atoms with van der Waals surface area (Å²) in [7, 11) is 0. The maximum Gasteiger partial charge on any atom is 0.244 e. The van der Waals surface area contributed by atoms with Gasteiger partial charge < -0.3 is 20.4 Å². The zero-order valence-corrected chi connectivity index (χ0v) is 14.1. The first-order chi connectivity index (χ1) is 10.9. The highest BCUT2D eigenvalue weighted by Crippen LogP contribution is 2.08. The molecule has 0 radical (unpaired) electrons. The molecule has 1 aliphatic heterocycles. The quantitative estimate of drug-likeness (QED) is 0.604. The first kappa shape index (κ1) is 18.9. The molecule has 1 saturated heterocycles. The molecular formula is C15H26N4O4. The second kappa shape index (κ2) is 9.12. The molecule has 0 saturated carbocycles. The van der Waals surface area contributed by atoms with E-state index in [1.807, 2.05) is 13.8 Å². The summed E-state index contributed by atoms with van der Waals surface area (Å²) in [6.07, 6.45) is 1.23. The molecule has 0 aliphatic carbocycles. The highest BCUT2D eigenvalue weighted by Gasteiger charge is 2.23. The maximum absolute atomic E-state index is 12.0. The zero-order valence-electron chi connectivity index (χ0n) is 14.1. The fourth-order valence-electron chi connectivity index (χ4n) is 2.44. The molecule has 130 valence electrons. The molecule has 0 aromatic heterocycles. The number of nitrogens with one attached hydrogen (secondary N) is 2. The molecule has 0 aromatic rings. The first-order valence-electron chi connectivity index (χ1n) is 8.01. The van der Waals surface area contributed by atoms with E-state index >= 15 is 0 Å². The van der Waals surface area contributed by atoms with Gasteiger partial charge in [-0.3, -0.25) is 19.2 Å². The second-order valence-electron chi connectivity index (χ2n) is 5.50. The largest absolute Gasteiger partial charge is 0.345 e. The van der Waals surface area contributed by atoms with Crippen molar-refractivity contribution in [2.45, 2.75) is 39.7 Å². The van der Waals surface area contributed by atoms with E-state index in [0.717, 1.165) is 6.42 Å². The van der Waals surface area contributed by atoms with Gasteiger partial charge in [0.25, 0.3) is 0 Å². The van der Waals surface area contributed by atoms with E-state index in [1.54, 1.807) is 11.8 Å². The molecule has 1 rings (SSSR count). The molecule has 8 heteroatoms. The normalized spacial score (nSPS) is 15.3. The van der Waals surface area contributed by atoms with Gasteiger partial charge in [-0.1, -0.05) is 0 Å². The minimum absolute atomic E-state index is 0.0277. The standard InChI is InChI=1S/C15H26N4O4/c1-4-18(5-2)15(23)11(3)17-12(20)9-16-13(21)10-19-8-6-7-14(19)22/h11H,4-10H2,1-3H3,(H,16,21)(H,17,20)/t11-/m0/s1. The summed E-state index contributed by atoms with van der Waals surface area (Å²) in [5, 5.41) is 5.02. The van der Waals surface area contributed by atoms with Crippen LogP contribution in [0.3, 0.4) is 0 Å². The molecular weight excluding hydrogens is 300 g/mol. The van der Waals surface area contributed by atoms with Crippen molar-refractivity contribution < 1.29 is 19.2 Å². The van der Waals surface area contributed by atoms with Crippen molar-refractivity contribution in [3.05, 3.63) is 0 Å². The van der Waals surface area contributed by atoms with E-state index in [2.05, 4.69) is 10.6 Å². The lowest BCUT2D eigenvalue weighted by atomic mass is 10.2. The third-order valence-electron chi connectivity index (χ3n) is 3.77. The van der Waals surface area contributed by atoms with Crippen molar-refractivity contribution in [3.63, 3.8) is 0 Å². The van der Waals surface area contributed by atoms with Gasteiger partial charge in [-0.15, -0.1) is 0 Å². The van der Waals surface area contributed by atoms with Crippen LogP contribution >= 0.6 is 0 Å². The van der Waals surface area contributed by atoms with Crippen LogP contribution in [0.4, 0.5) is 0 Å². The summed E-state index contributed by atoms with van der Waals surface area (Å²) >= 11 is 0. The van der Waals surface area contributed by atoms with Crippen molar-refractivity contribution in [1.29, 1.82) is 0 Å². The molecule has 1 atom stereocenters. The average Bonchev–Trinajstić information content (AvgIpc) is 2.91. The predicted octanol–water partition coefficient (Wildman–Crippen LogP) is -0.902. The number of nitrogens with zero attached hydrogens (tertiary/aromatic N) is 2. The van der Waals surface area contributed by atoms with Crippen LogP contribution in [0.15, 0.2) is 0 Å². The first-order valence-corrected chi connectivity index (χ1v) is 8.01. The number of carbonyl (C=O) groups excluding carboxylic acids is 4. The van der Waals surface area contributed by atoms with Crippen LogP contribution in [-0.4, -0.2) is 72.2 Å². The molecule has 1 heterocycles. The van der Waals surface area contributed by atoms with Gasteiger partial charge in [0.1, 0.15) is 6.04 Å². The SMILES string of the molecule is CCN(CC)C(=O)[C@H](C)NC(=O)CNC(=O)CN1CCCC1=O. The van der Waals surface area contributed by atoms with Crippen molar-refractivity contribution >= 4 is 23.6 Å². The molecule has 23 heavy (non-hydrogen) atoms. The highest BCUT2D eigenvalue weighted by atomic mass is 16.2. The molecule has 0 unspecified atom stereocenters. The minimum Gasteiger partial charge on any atom is -0.345 e. The Labute approximate surface area is 136 Å². The Morgan fingerprint density at radius 3 is 2.39 bits per heavy atom. The van der Waals surface area contributed by atoms with Crippen LogP contribution in [0.2, 0.25) is 0 Å². The summed E-state index contributed by atoms with van der Waals surface area (Å²) in [5.41, 5.74) is 0. The van der Waals surface area contributed by atoms with Gasteiger partial charge in [0, 0.05) is 26.1 Å². The third kappa shape index (κ3) is 5.88. The lowest BCUT2D eigenvalue weighted by Gasteiger charge is -2.23. The lowest BCUT2D eigenvalue weighted by Crippen LogP contribution is -2.50. The number of hydrogen-bond donors (Lipinski definition) is 2. The summed E-state index contributed by atoms with van der Waals surface area (Å²) < 4.78 is 0. The van der Waals surface area contributed by atoms with Crippen LogP contribution < -0.4 is 10.6 Å². The van der Waals surface area contributed by atoms with Gasteiger partial charge in [0.2, 0.25) is 23.6 Å². The number of likely N-dealkylation sites (tertiary alicyclic amines) is 1. The van der Waals surface area contributed by atoms with Crippen molar-refractivity contribution in [1.82, 2.24) is 20.4 Å². The minimum atomic E-state index is -0.639. The molecule has 0 aromatic carbocycles. The van der Waals surface area contributed by atoms with E-state index in [0.29, 0.717) is 26.1 Å². The fraction of sp³-hybridized carbons (Fsp3) is 0.733. The smallest absolute Gasteiger partial charge is 0.244 e. The van der Waals surface area contributed by atoms with Gasteiger partial charge in [0.15, 0.2) is 0 Å². The highest BCUT2D eigenvalue weighted by molar-refractivity contribution is 5.91. The number of carbonyl (C=O) groups is 4. The van der Waals surface area contributed by atoms with E-state index in [-0.39, 0.29) is 30.8 Å². The number of hydrogen-bond acceptors (Lipinski definition) is 4. The van der Waals surface area contributed by atoms with E-state index in [1.165, 1.54) is 4.90 Å². The topological polar surface area (TPSA) is 98.8 Å². The van der Waals surface area contributed by atoms with Gasteiger partial charge in [0.05, 0.1) is 13.1 Å². The molecule has 1 aliphatic rings. The summed E-state index contributed by atoms with van der Waals surface area (Å²) in [4.78, 5) is 50.0. The molecule has 0 bridgehead atoms. The third-order valence-corrected chi connectivity index (χ3v) is 3.77. The summed E-state index contributed by atoms with van der Waals surface area (Å²) in [6, 6.07) is -0.639. The van der Waals surface area contributed by atoms with Crippen LogP contribution in [0.1, 0.15) is 33.6 Å². The molecule has 0 spiro atoms. The number of amides is 4. The maximum atomic E-state index is 12.0. The Balaban J connectivity index is 2.31. The van der Waals surface area contributed by atoms with Crippen LogP contribution in [0.5, 0.6) is 0 Å². The second-order valence-corrected chi connectivity index (χ2v) is 5.50. The van der Waals surface area contributed by atoms with Gasteiger partial charge in [-0.05, 0) is 27.2 Å². The predicted molar refractivity (Wildman–Crippen MR) is 84.4 cm³/mol. The van der Waals surface area contributed by atoms with Gasteiger partial charge in [-0.2, -0.15) is 0 Å². The van der Waals surface area contributed by atoms with E-state index in [4.69, 9.17) is 0 Å². The Kier molecular flexibility index (Phi) is 7.50. The number of likely N-dealkylation sites (N-methyl/N-ethyl adjacent to an activating group) is 1. The van der Waals surface area contributed by atoms with Crippen molar-refractivity contribution in [2.24, 2.45) is 0 Å². The van der Waals surface area contributed by atoms with E-state index in [9.17, 15) is 19.2 Å². The number of rotatable bonds is 8. The van der Waals surface area contributed by atoms with Crippen molar-refractivity contribution in [2.75, 3.05) is 32.7 Å². The Bertz CT molecular complexity index is 462. The molecule has 2 N–H and O–H groups in total. The Hall–Kier alpha value is -2.12. The van der Waals surface area contributed by atoms with E-state index < -0.39 is 11.9 Å². The monoisotopic (exact) mass is 326 g/mol. The summed E-state index contributed by atoms with van der Waals surface area (Å²) in [6.45, 7) is 6.85. The van der Waals surface area contributed by atoms with Crippen LogP contribution in [0, 0.1) is 0 Å². The van der Waals surface area contributed by atoms with Gasteiger partial charge >= 0.3 is 0 Å².